The monoisotopic (exact) mass is 426 g/mol. The molecule has 1 N–H and O–H groups in total. The summed E-state index contributed by atoms with van der Waals surface area (Å²) in [7, 11) is 0. The number of ether oxygens (including phenoxy) is 1. The highest BCUT2D eigenvalue weighted by molar-refractivity contribution is 5.98. The van der Waals surface area contributed by atoms with Gasteiger partial charge in [0.2, 0.25) is 0 Å². The second kappa shape index (κ2) is 14.7. The van der Waals surface area contributed by atoms with E-state index in [1.54, 1.807) is 0 Å². The molecule has 0 spiro atoms. The lowest BCUT2D eigenvalue weighted by molar-refractivity contribution is -0.143. The normalized spacial score (nSPS) is 15.1. The van der Waals surface area contributed by atoms with Gasteiger partial charge in [0, 0.05) is 12.8 Å². The van der Waals surface area contributed by atoms with E-state index in [-0.39, 0.29) is 17.9 Å². The molecule has 4 nitrogen and oxygen atoms in total. The number of Topliss-reactive ketones (excluding diaryl/α,β-unsaturated/α-hetero) is 1. The third-order valence-corrected chi connectivity index (χ3v) is 5.81. The highest BCUT2D eigenvalue weighted by Crippen LogP contribution is 2.30. The third kappa shape index (κ3) is 10.1. The maximum absolute atomic E-state index is 12.3. The van der Waals surface area contributed by atoms with Crippen LogP contribution in [0, 0.1) is 0 Å². The van der Waals surface area contributed by atoms with Crippen molar-refractivity contribution in [3.63, 3.8) is 0 Å². The molecule has 4 heteroatoms. The number of allylic oxidation sites excluding steroid dienone is 4. The number of ketones is 1. The minimum absolute atomic E-state index is 0.122. The molecule has 0 aliphatic heterocycles. The van der Waals surface area contributed by atoms with Gasteiger partial charge in [-0.05, 0) is 68.9 Å². The van der Waals surface area contributed by atoms with Crippen LogP contribution >= 0.6 is 0 Å². The number of hydrogen-bond acceptors (Lipinski definition) is 4. The van der Waals surface area contributed by atoms with Crippen molar-refractivity contribution >= 4 is 11.8 Å². The highest BCUT2D eigenvalue weighted by atomic mass is 16.5. The van der Waals surface area contributed by atoms with Crippen molar-refractivity contribution in [3.8, 4) is 0 Å². The summed E-state index contributed by atoms with van der Waals surface area (Å²) in [5.74, 6) is 0.126. The Morgan fingerprint density at radius 1 is 1.10 bits per heavy atom. The minimum Gasteiger partial charge on any atom is -0.466 e. The molecular formula is C27H38O4. The number of aliphatic hydroxyl groups is 1. The Kier molecular flexibility index (Phi) is 11.9. The molecule has 0 saturated carbocycles. The molecule has 0 heterocycles. The molecule has 1 aliphatic rings. The fraction of sp³-hybridized carbons (Fsp3) is 0.556. The summed E-state index contributed by atoms with van der Waals surface area (Å²) in [6, 6.07) is 10.2. The molecule has 2 rings (SSSR count). The van der Waals surface area contributed by atoms with Gasteiger partial charge in [0.25, 0.3) is 0 Å². The van der Waals surface area contributed by atoms with E-state index < -0.39 is 0 Å². The SMILES string of the molecule is CCCCOC(=O)CCCC=CCC1=C(CC[C@@H](O)CCc2ccccc2)CCC1=O. The fourth-order valence-electron chi connectivity index (χ4n) is 3.85. The number of unbranched alkanes of at least 4 members (excludes halogenated alkanes) is 2. The van der Waals surface area contributed by atoms with E-state index in [1.807, 2.05) is 24.3 Å². The summed E-state index contributed by atoms with van der Waals surface area (Å²) in [6.07, 6.45) is 13.0. The molecule has 0 saturated heterocycles. The largest absolute Gasteiger partial charge is 0.466 e. The van der Waals surface area contributed by atoms with Gasteiger partial charge < -0.3 is 9.84 Å². The smallest absolute Gasteiger partial charge is 0.305 e. The van der Waals surface area contributed by atoms with Gasteiger partial charge in [-0.3, -0.25) is 9.59 Å². The van der Waals surface area contributed by atoms with Crippen LogP contribution < -0.4 is 0 Å². The van der Waals surface area contributed by atoms with Crippen molar-refractivity contribution in [1.29, 1.82) is 0 Å². The molecule has 1 atom stereocenters. The Labute approximate surface area is 187 Å². The van der Waals surface area contributed by atoms with Crippen molar-refractivity contribution in [1.82, 2.24) is 0 Å². The molecule has 170 valence electrons. The zero-order valence-corrected chi connectivity index (χ0v) is 19.0. The van der Waals surface area contributed by atoms with E-state index in [9.17, 15) is 14.7 Å². The van der Waals surface area contributed by atoms with Crippen LogP contribution in [0.1, 0.15) is 83.1 Å². The average molecular weight is 427 g/mol. The summed E-state index contributed by atoms with van der Waals surface area (Å²) >= 11 is 0. The van der Waals surface area contributed by atoms with Crippen molar-refractivity contribution < 1.29 is 19.4 Å². The molecule has 0 fully saturated rings. The minimum atomic E-state index is -0.336. The first-order valence-corrected chi connectivity index (χ1v) is 11.9. The first-order valence-electron chi connectivity index (χ1n) is 11.9. The topological polar surface area (TPSA) is 63.6 Å². The summed E-state index contributed by atoms with van der Waals surface area (Å²) in [4.78, 5) is 23.8. The molecule has 0 amide bonds. The Hall–Kier alpha value is -2.20. The summed E-state index contributed by atoms with van der Waals surface area (Å²) < 4.78 is 5.15. The molecule has 1 aromatic rings. The lowest BCUT2D eigenvalue weighted by atomic mass is 9.98. The summed E-state index contributed by atoms with van der Waals surface area (Å²) in [5.41, 5.74) is 3.40. The number of esters is 1. The zero-order valence-electron chi connectivity index (χ0n) is 19.0. The van der Waals surface area contributed by atoms with Crippen LogP contribution in [0.25, 0.3) is 0 Å². The first-order chi connectivity index (χ1) is 15.1. The Morgan fingerprint density at radius 2 is 1.87 bits per heavy atom. The van der Waals surface area contributed by atoms with Gasteiger partial charge in [-0.1, -0.05) is 61.4 Å². The maximum Gasteiger partial charge on any atom is 0.305 e. The van der Waals surface area contributed by atoms with E-state index in [0.717, 1.165) is 56.9 Å². The number of hydrogen-bond donors (Lipinski definition) is 1. The predicted octanol–water partition coefficient (Wildman–Crippen LogP) is 5.88. The summed E-state index contributed by atoms with van der Waals surface area (Å²) in [5, 5.41) is 10.3. The van der Waals surface area contributed by atoms with E-state index >= 15 is 0 Å². The zero-order chi connectivity index (χ0) is 22.3. The van der Waals surface area contributed by atoms with Gasteiger partial charge in [0.1, 0.15) is 0 Å². The van der Waals surface area contributed by atoms with Crippen LogP contribution in [-0.4, -0.2) is 29.6 Å². The fourth-order valence-corrected chi connectivity index (χ4v) is 3.85. The van der Waals surface area contributed by atoms with Gasteiger partial charge in [-0.2, -0.15) is 0 Å². The van der Waals surface area contributed by atoms with E-state index in [0.29, 0.717) is 32.3 Å². The van der Waals surface area contributed by atoms with E-state index in [1.165, 1.54) is 11.1 Å². The van der Waals surface area contributed by atoms with Crippen molar-refractivity contribution in [2.45, 2.75) is 90.1 Å². The second-order valence-electron chi connectivity index (χ2n) is 8.36. The van der Waals surface area contributed by atoms with Crippen LogP contribution in [0.5, 0.6) is 0 Å². The van der Waals surface area contributed by atoms with Crippen molar-refractivity contribution in [3.05, 3.63) is 59.2 Å². The Balaban J connectivity index is 1.68. The molecule has 1 aliphatic carbocycles. The molecular weight excluding hydrogens is 388 g/mol. The molecule has 0 bridgehead atoms. The number of benzene rings is 1. The van der Waals surface area contributed by atoms with Gasteiger partial charge in [-0.25, -0.2) is 0 Å². The number of carbonyl (C=O) groups excluding carboxylic acids is 2. The maximum atomic E-state index is 12.3. The predicted molar refractivity (Wildman–Crippen MR) is 125 cm³/mol. The quantitative estimate of drug-likeness (QED) is 0.216. The number of aliphatic hydroxyl groups excluding tert-OH is 1. The number of carbonyl (C=O) groups is 2. The molecule has 1 aromatic carbocycles. The van der Waals surface area contributed by atoms with Gasteiger partial charge >= 0.3 is 5.97 Å². The van der Waals surface area contributed by atoms with Crippen LogP contribution in [-0.2, 0) is 20.7 Å². The van der Waals surface area contributed by atoms with Crippen molar-refractivity contribution in [2.75, 3.05) is 6.61 Å². The van der Waals surface area contributed by atoms with Crippen molar-refractivity contribution in [2.24, 2.45) is 0 Å². The van der Waals surface area contributed by atoms with Crippen LogP contribution in [0.3, 0.4) is 0 Å². The van der Waals surface area contributed by atoms with Crippen LogP contribution in [0.2, 0.25) is 0 Å². The molecule has 0 radical (unpaired) electrons. The van der Waals surface area contributed by atoms with Gasteiger partial charge in [0.15, 0.2) is 5.78 Å². The van der Waals surface area contributed by atoms with E-state index in [2.05, 4.69) is 25.1 Å². The highest BCUT2D eigenvalue weighted by Gasteiger charge is 2.22. The third-order valence-electron chi connectivity index (χ3n) is 5.81. The average Bonchev–Trinajstić information content (AvgIpc) is 3.13. The number of rotatable bonds is 15. The Bertz CT molecular complexity index is 733. The molecule has 0 aromatic heterocycles. The lowest BCUT2D eigenvalue weighted by Crippen LogP contribution is -2.08. The number of aryl methyl sites for hydroxylation is 1. The lowest BCUT2D eigenvalue weighted by Gasteiger charge is -2.12. The van der Waals surface area contributed by atoms with E-state index in [4.69, 9.17) is 4.74 Å². The van der Waals surface area contributed by atoms with Gasteiger partial charge in [0.05, 0.1) is 12.7 Å². The first kappa shape index (κ1) is 25.1. The Morgan fingerprint density at radius 3 is 2.65 bits per heavy atom. The second-order valence-corrected chi connectivity index (χ2v) is 8.36. The van der Waals surface area contributed by atoms with Crippen LogP contribution in [0.15, 0.2) is 53.6 Å². The molecule has 31 heavy (non-hydrogen) atoms. The standard InChI is InChI=1S/C27H38O4/c1-2-3-21-31-27(30)14-10-5-4-9-13-25-23(17-20-26(25)29)16-19-24(28)18-15-22-11-7-6-8-12-22/h4,6-9,11-12,24,28H,2-3,5,10,13-21H2,1H3/t24-/m0/s1. The van der Waals surface area contributed by atoms with Gasteiger partial charge in [-0.15, -0.1) is 0 Å². The summed E-state index contributed by atoms with van der Waals surface area (Å²) in [6.45, 7) is 2.59. The van der Waals surface area contributed by atoms with Crippen LogP contribution in [0.4, 0.5) is 0 Å². The molecule has 0 unspecified atom stereocenters.